The Morgan fingerprint density at radius 2 is 2.00 bits per heavy atom. The normalized spacial score (nSPS) is 11.9. The third-order valence-corrected chi connectivity index (χ3v) is 3.00. The van der Waals surface area contributed by atoms with Gasteiger partial charge in [0.25, 0.3) is 0 Å². The molecule has 0 aliphatic heterocycles. The minimum absolute atomic E-state index is 0.0905. The van der Waals surface area contributed by atoms with Gasteiger partial charge in [0.05, 0.1) is 19.1 Å². The van der Waals surface area contributed by atoms with Crippen LogP contribution >= 0.6 is 0 Å². The largest absolute Gasteiger partial charge is 0.504 e. The molecule has 0 spiro atoms. The number of esters is 1. The Kier molecular flexibility index (Phi) is 6.91. The van der Waals surface area contributed by atoms with E-state index in [9.17, 15) is 9.90 Å². The molecule has 1 aromatic carbocycles. The fraction of sp³-hybridized carbons (Fsp3) is 0.562. The fourth-order valence-electron chi connectivity index (χ4n) is 2.03. The summed E-state index contributed by atoms with van der Waals surface area (Å²) in [7, 11) is 0. The van der Waals surface area contributed by atoms with Gasteiger partial charge >= 0.3 is 5.97 Å². The summed E-state index contributed by atoms with van der Waals surface area (Å²) in [5.74, 6) is -0.00429. The molecule has 0 aromatic heterocycles. The number of rotatable bonds is 8. The molecule has 0 heterocycles. The van der Waals surface area contributed by atoms with Crippen molar-refractivity contribution in [2.45, 2.75) is 46.0 Å². The molecule has 0 radical (unpaired) electrons. The molecule has 0 aliphatic rings. The van der Waals surface area contributed by atoms with Crippen LogP contribution in [0.25, 0.3) is 0 Å². The lowest BCUT2D eigenvalue weighted by molar-refractivity contribution is -0.145. The van der Waals surface area contributed by atoms with Gasteiger partial charge in [0.1, 0.15) is 0 Å². The fourth-order valence-corrected chi connectivity index (χ4v) is 2.03. The highest BCUT2D eigenvalue weighted by Gasteiger charge is 2.22. The van der Waals surface area contributed by atoms with E-state index in [1.807, 2.05) is 20.8 Å². The van der Waals surface area contributed by atoms with Crippen LogP contribution in [0.5, 0.6) is 11.5 Å². The van der Waals surface area contributed by atoms with E-state index in [4.69, 9.17) is 9.47 Å². The van der Waals surface area contributed by atoms with E-state index in [1.54, 1.807) is 18.2 Å². The van der Waals surface area contributed by atoms with Crippen molar-refractivity contribution in [3.63, 3.8) is 0 Å². The van der Waals surface area contributed by atoms with Crippen molar-refractivity contribution in [1.29, 1.82) is 0 Å². The van der Waals surface area contributed by atoms with Gasteiger partial charge in [-0.05, 0) is 37.5 Å². The third kappa shape index (κ3) is 4.44. The first-order valence-electron chi connectivity index (χ1n) is 7.26. The van der Waals surface area contributed by atoms with Crippen molar-refractivity contribution >= 4 is 5.97 Å². The van der Waals surface area contributed by atoms with E-state index < -0.39 is 0 Å². The zero-order valence-electron chi connectivity index (χ0n) is 12.5. The van der Waals surface area contributed by atoms with Crippen LogP contribution in [-0.2, 0) is 9.53 Å². The van der Waals surface area contributed by atoms with Crippen LogP contribution in [-0.4, -0.2) is 24.3 Å². The first-order valence-corrected chi connectivity index (χ1v) is 7.26. The average molecular weight is 280 g/mol. The first-order chi connectivity index (χ1) is 9.63. The van der Waals surface area contributed by atoms with Gasteiger partial charge in [0, 0.05) is 0 Å². The zero-order valence-corrected chi connectivity index (χ0v) is 12.5. The number of hydrogen-bond acceptors (Lipinski definition) is 4. The van der Waals surface area contributed by atoms with Crippen molar-refractivity contribution in [1.82, 2.24) is 0 Å². The summed E-state index contributed by atoms with van der Waals surface area (Å²) < 4.78 is 10.6. The van der Waals surface area contributed by atoms with Gasteiger partial charge in [0.15, 0.2) is 11.5 Å². The van der Waals surface area contributed by atoms with Gasteiger partial charge in [-0.1, -0.05) is 26.3 Å². The molecule has 1 N–H and O–H groups in total. The second-order valence-electron chi connectivity index (χ2n) is 4.67. The lowest BCUT2D eigenvalue weighted by Crippen LogP contribution is -2.16. The van der Waals surface area contributed by atoms with Crippen molar-refractivity contribution in [3.8, 4) is 11.5 Å². The van der Waals surface area contributed by atoms with Crippen molar-refractivity contribution < 1.29 is 19.4 Å². The molecule has 4 heteroatoms. The zero-order chi connectivity index (χ0) is 15.0. The van der Waals surface area contributed by atoms with Crippen LogP contribution < -0.4 is 4.74 Å². The van der Waals surface area contributed by atoms with E-state index in [1.165, 1.54) is 0 Å². The maximum Gasteiger partial charge on any atom is 0.313 e. The molecule has 0 amide bonds. The highest BCUT2D eigenvalue weighted by atomic mass is 16.5. The van der Waals surface area contributed by atoms with Gasteiger partial charge in [-0.15, -0.1) is 0 Å². The van der Waals surface area contributed by atoms with E-state index in [-0.39, 0.29) is 17.6 Å². The van der Waals surface area contributed by atoms with Gasteiger partial charge in [0.2, 0.25) is 0 Å². The smallest absolute Gasteiger partial charge is 0.313 e. The van der Waals surface area contributed by atoms with Crippen LogP contribution in [0.15, 0.2) is 18.2 Å². The summed E-state index contributed by atoms with van der Waals surface area (Å²) >= 11 is 0. The molecular formula is C16H24O4. The number of benzene rings is 1. The van der Waals surface area contributed by atoms with Crippen LogP contribution in [0.1, 0.15) is 51.5 Å². The van der Waals surface area contributed by atoms with Crippen LogP contribution in [0, 0.1) is 0 Å². The Hall–Kier alpha value is -1.71. The quantitative estimate of drug-likeness (QED) is 0.739. The van der Waals surface area contributed by atoms with E-state index in [2.05, 4.69) is 0 Å². The molecule has 1 atom stereocenters. The van der Waals surface area contributed by atoms with Crippen molar-refractivity contribution in [2.75, 3.05) is 13.2 Å². The maximum atomic E-state index is 12.1. The van der Waals surface area contributed by atoms with Gasteiger partial charge in [-0.3, -0.25) is 4.79 Å². The second-order valence-corrected chi connectivity index (χ2v) is 4.67. The summed E-state index contributed by atoms with van der Waals surface area (Å²) in [6.07, 6.45) is 2.42. The Bertz CT molecular complexity index is 428. The van der Waals surface area contributed by atoms with E-state index >= 15 is 0 Å². The predicted molar refractivity (Wildman–Crippen MR) is 78.2 cm³/mol. The molecule has 0 saturated heterocycles. The number of phenols is 1. The molecule has 20 heavy (non-hydrogen) atoms. The monoisotopic (exact) mass is 280 g/mol. The number of carbonyl (C=O) groups excluding carboxylic acids is 1. The number of aromatic hydroxyl groups is 1. The number of carbonyl (C=O) groups is 1. The minimum atomic E-state index is -0.300. The number of hydrogen-bond donors (Lipinski definition) is 1. The molecule has 1 unspecified atom stereocenters. The molecule has 1 aromatic rings. The van der Waals surface area contributed by atoms with Crippen LogP contribution in [0.4, 0.5) is 0 Å². The van der Waals surface area contributed by atoms with E-state index in [0.29, 0.717) is 19.0 Å². The van der Waals surface area contributed by atoms with E-state index in [0.717, 1.165) is 24.8 Å². The SMILES string of the molecule is CCCOC(=O)C(CCC)c1ccc(O)c(OCC)c1. The molecule has 0 saturated carbocycles. The standard InChI is InChI=1S/C16H24O4/c1-4-7-13(16(18)20-10-5-2)12-8-9-14(17)15(11-12)19-6-3/h8-9,11,13,17H,4-7,10H2,1-3H3. The molecule has 4 nitrogen and oxygen atoms in total. The molecule has 0 bridgehead atoms. The lowest BCUT2D eigenvalue weighted by atomic mass is 9.94. The summed E-state index contributed by atoms with van der Waals surface area (Å²) in [5.41, 5.74) is 0.828. The molecular weight excluding hydrogens is 256 g/mol. The van der Waals surface area contributed by atoms with Gasteiger partial charge in [-0.25, -0.2) is 0 Å². The summed E-state index contributed by atoms with van der Waals surface area (Å²) in [6, 6.07) is 5.05. The Labute approximate surface area is 120 Å². The molecule has 1 rings (SSSR count). The third-order valence-electron chi connectivity index (χ3n) is 3.00. The molecule has 0 fully saturated rings. The van der Waals surface area contributed by atoms with Gasteiger partial charge in [-0.2, -0.15) is 0 Å². The Morgan fingerprint density at radius 3 is 2.60 bits per heavy atom. The van der Waals surface area contributed by atoms with Crippen LogP contribution in [0.2, 0.25) is 0 Å². The van der Waals surface area contributed by atoms with Crippen LogP contribution in [0.3, 0.4) is 0 Å². The average Bonchev–Trinajstić information content (AvgIpc) is 2.45. The summed E-state index contributed by atoms with van der Waals surface area (Å²) in [4.78, 5) is 12.1. The summed E-state index contributed by atoms with van der Waals surface area (Å²) in [5, 5.41) is 9.72. The highest BCUT2D eigenvalue weighted by Crippen LogP contribution is 2.32. The number of ether oxygens (including phenoxy) is 2. The first kappa shape index (κ1) is 16.3. The highest BCUT2D eigenvalue weighted by molar-refractivity contribution is 5.78. The Balaban J connectivity index is 2.95. The lowest BCUT2D eigenvalue weighted by Gasteiger charge is -2.17. The maximum absolute atomic E-state index is 12.1. The summed E-state index contributed by atoms with van der Waals surface area (Å²) in [6.45, 7) is 6.76. The second kappa shape index (κ2) is 8.46. The molecule has 0 aliphatic carbocycles. The predicted octanol–water partition coefficient (Wildman–Crippen LogP) is 3.63. The van der Waals surface area contributed by atoms with Crippen molar-refractivity contribution in [2.24, 2.45) is 0 Å². The van der Waals surface area contributed by atoms with Crippen molar-refractivity contribution in [3.05, 3.63) is 23.8 Å². The minimum Gasteiger partial charge on any atom is -0.504 e. The number of phenolic OH excluding ortho intramolecular Hbond substituents is 1. The molecule has 112 valence electrons. The van der Waals surface area contributed by atoms with Gasteiger partial charge < -0.3 is 14.6 Å². The Morgan fingerprint density at radius 1 is 1.25 bits per heavy atom. The topological polar surface area (TPSA) is 55.8 Å².